The van der Waals surface area contributed by atoms with Gasteiger partial charge in [0, 0.05) is 11.1 Å². The quantitative estimate of drug-likeness (QED) is 0.897. The van der Waals surface area contributed by atoms with Gasteiger partial charge in [-0.1, -0.05) is 25.1 Å². The molecule has 0 bridgehead atoms. The first-order valence-corrected chi connectivity index (χ1v) is 6.38. The van der Waals surface area contributed by atoms with Gasteiger partial charge >= 0.3 is 5.97 Å². The molecule has 0 heterocycles. The second-order valence-corrected chi connectivity index (χ2v) is 4.34. The SMILES string of the molecule is CCCOc1ccccc1-c1cc(C(=O)O)ccc1F. The van der Waals surface area contributed by atoms with Gasteiger partial charge in [-0.3, -0.25) is 0 Å². The van der Waals surface area contributed by atoms with E-state index in [2.05, 4.69) is 0 Å². The van der Waals surface area contributed by atoms with Crippen LogP contribution in [0.15, 0.2) is 42.5 Å². The highest BCUT2D eigenvalue weighted by atomic mass is 19.1. The molecule has 0 unspecified atom stereocenters. The minimum absolute atomic E-state index is 0.0479. The molecule has 2 rings (SSSR count). The predicted octanol–water partition coefficient (Wildman–Crippen LogP) is 3.98. The number of ether oxygens (including phenoxy) is 1. The number of hydrogen-bond acceptors (Lipinski definition) is 2. The minimum atomic E-state index is -1.08. The van der Waals surface area contributed by atoms with Crippen molar-refractivity contribution in [3.05, 3.63) is 53.8 Å². The summed E-state index contributed by atoms with van der Waals surface area (Å²) in [5.74, 6) is -1.00. The maximum absolute atomic E-state index is 14.0. The van der Waals surface area contributed by atoms with E-state index in [0.29, 0.717) is 17.9 Å². The first kappa shape index (κ1) is 14.1. The fourth-order valence-electron chi connectivity index (χ4n) is 1.89. The Morgan fingerprint density at radius 1 is 1.20 bits per heavy atom. The summed E-state index contributed by atoms with van der Waals surface area (Å²) in [6, 6.07) is 10.8. The molecule has 2 aromatic carbocycles. The van der Waals surface area contributed by atoms with Crippen LogP contribution in [0.1, 0.15) is 23.7 Å². The highest BCUT2D eigenvalue weighted by Gasteiger charge is 2.13. The Morgan fingerprint density at radius 2 is 1.95 bits per heavy atom. The summed E-state index contributed by atoms with van der Waals surface area (Å²) in [7, 11) is 0. The van der Waals surface area contributed by atoms with E-state index in [1.54, 1.807) is 24.3 Å². The molecule has 3 nitrogen and oxygen atoms in total. The van der Waals surface area contributed by atoms with Gasteiger partial charge in [-0.2, -0.15) is 0 Å². The van der Waals surface area contributed by atoms with E-state index < -0.39 is 11.8 Å². The third kappa shape index (κ3) is 2.96. The number of rotatable bonds is 5. The molecule has 0 radical (unpaired) electrons. The van der Waals surface area contributed by atoms with Crippen LogP contribution in [-0.2, 0) is 0 Å². The monoisotopic (exact) mass is 274 g/mol. The Kier molecular flexibility index (Phi) is 4.35. The largest absolute Gasteiger partial charge is 0.493 e. The molecule has 104 valence electrons. The van der Waals surface area contributed by atoms with E-state index in [4.69, 9.17) is 9.84 Å². The van der Waals surface area contributed by atoms with E-state index in [1.165, 1.54) is 12.1 Å². The van der Waals surface area contributed by atoms with Crippen molar-refractivity contribution in [2.75, 3.05) is 6.61 Å². The van der Waals surface area contributed by atoms with E-state index in [1.807, 2.05) is 6.92 Å². The lowest BCUT2D eigenvalue weighted by Crippen LogP contribution is -2.00. The van der Waals surface area contributed by atoms with E-state index >= 15 is 0 Å². The number of carboxylic acids is 1. The maximum Gasteiger partial charge on any atom is 0.335 e. The summed E-state index contributed by atoms with van der Waals surface area (Å²) in [5.41, 5.74) is 0.838. The van der Waals surface area contributed by atoms with Gasteiger partial charge in [0.05, 0.1) is 12.2 Å². The molecule has 0 atom stereocenters. The van der Waals surface area contributed by atoms with Gasteiger partial charge in [0.25, 0.3) is 0 Å². The zero-order valence-corrected chi connectivity index (χ0v) is 11.1. The van der Waals surface area contributed by atoms with Crippen LogP contribution in [0.25, 0.3) is 11.1 Å². The lowest BCUT2D eigenvalue weighted by atomic mass is 10.0. The molecule has 0 aliphatic heterocycles. The number of aromatic carboxylic acids is 1. The summed E-state index contributed by atoms with van der Waals surface area (Å²) in [4.78, 5) is 11.0. The zero-order chi connectivity index (χ0) is 14.5. The second-order valence-electron chi connectivity index (χ2n) is 4.34. The van der Waals surface area contributed by atoms with Gasteiger partial charge in [-0.25, -0.2) is 9.18 Å². The molecular formula is C16H15FO3. The van der Waals surface area contributed by atoms with Crippen LogP contribution in [-0.4, -0.2) is 17.7 Å². The topological polar surface area (TPSA) is 46.5 Å². The van der Waals surface area contributed by atoms with E-state index in [0.717, 1.165) is 12.5 Å². The van der Waals surface area contributed by atoms with Crippen LogP contribution in [0.5, 0.6) is 5.75 Å². The molecule has 2 aromatic rings. The third-order valence-corrected chi connectivity index (χ3v) is 2.85. The molecule has 1 N–H and O–H groups in total. The average molecular weight is 274 g/mol. The lowest BCUT2D eigenvalue weighted by Gasteiger charge is -2.12. The Balaban J connectivity index is 2.50. The minimum Gasteiger partial charge on any atom is -0.493 e. The van der Waals surface area contributed by atoms with Crippen LogP contribution < -0.4 is 4.74 Å². The predicted molar refractivity (Wildman–Crippen MR) is 74.6 cm³/mol. The van der Waals surface area contributed by atoms with Gasteiger partial charge < -0.3 is 9.84 Å². The van der Waals surface area contributed by atoms with Crippen molar-refractivity contribution >= 4 is 5.97 Å². The summed E-state index contributed by atoms with van der Waals surface area (Å²) in [6.45, 7) is 2.51. The fourth-order valence-corrected chi connectivity index (χ4v) is 1.89. The number of halogens is 1. The molecule has 0 fully saturated rings. The number of carbonyl (C=O) groups is 1. The van der Waals surface area contributed by atoms with Crippen molar-refractivity contribution in [1.82, 2.24) is 0 Å². The van der Waals surface area contributed by atoms with Gasteiger partial charge in [0.1, 0.15) is 11.6 Å². The zero-order valence-electron chi connectivity index (χ0n) is 11.1. The van der Waals surface area contributed by atoms with E-state index in [-0.39, 0.29) is 11.1 Å². The Hall–Kier alpha value is -2.36. The standard InChI is InChI=1S/C16H15FO3/c1-2-9-20-15-6-4-3-5-12(15)13-10-11(16(18)19)7-8-14(13)17/h3-8,10H,2,9H2,1H3,(H,18,19). The van der Waals surface area contributed by atoms with Crippen molar-refractivity contribution in [3.63, 3.8) is 0 Å². The number of para-hydroxylation sites is 1. The molecular weight excluding hydrogens is 259 g/mol. The van der Waals surface area contributed by atoms with Gasteiger partial charge in [0.2, 0.25) is 0 Å². The molecule has 4 heteroatoms. The highest BCUT2D eigenvalue weighted by molar-refractivity contribution is 5.90. The Bertz CT molecular complexity index is 623. The van der Waals surface area contributed by atoms with Crippen molar-refractivity contribution in [1.29, 1.82) is 0 Å². The average Bonchev–Trinajstić information content (AvgIpc) is 2.46. The molecule has 0 aliphatic rings. The molecule has 0 saturated heterocycles. The van der Waals surface area contributed by atoms with Crippen LogP contribution in [0.2, 0.25) is 0 Å². The molecule has 20 heavy (non-hydrogen) atoms. The molecule has 0 saturated carbocycles. The smallest absolute Gasteiger partial charge is 0.335 e. The van der Waals surface area contributed by atoms with Crippen LogP contribution in [0, 0.1) is 5.82 Å². The van der Waals surface area contributed by atoms with Gasteiger partial charge in [-0.15, -0.1) is 0 Å². The lowest BCUT2D eigenvalue weighted by molar-refractivity contribution is 0.0697. The summed E-state index contributed by atoms with van der Waals surface area (Å²) >= 11 is 0. The normalized spacial score (nSPS) is 10.3. The van der Waals surface area contributed by atoms with Crippen LogP contribution >= 0.6 is 0 Å². The Labute approximate surface area is 116 Å². The summed E-state index contributed by atoms with van der Waals surface area (Å²) < 4.78 is 19.6. The Morgan fingerprint density at radius 3 is 2.65 bits per heavy atom. The number of benzene rings is 2. The van der Waals surface area contributed by atoms with Crippen molar-refractivity contribution in [2.24, 2.45) is 0 Å². The van der Waals surface area contributed by atoms with Crippen molar-refractivity contribution < 1.29 is 19.0 Å². The fraction of sp³-hybridized carbons (Fsp3) is 0.188. The summed E-state index contributed by atoms with van der Waals surface area (Å²) in [6.07, 6.45) is 0.839. The number of hydrogen-bond donors (Lipinski definition) is 1. The second kappa shape index (κ2) is 6.19. The molecule has 0 aromatic heterocycles. The highest BCUT2D eigenvalue weighted by Crippen LogP contribution is 2.32. The summed E-state index contributed by atoms with van der Waals surface area (Å²) in [5, 5.41) is 9.00. The van der Waals surface area contributed by atoms with Gasteiger partial charge in [0.15, 0.2) is 0 Å². The van der Waals surface area contributed by atoms with E-state index in [9.17, 15) is 9.18 Å². The van der Waals surface area contributed by atoms with Gasteiger partial charge in [-0.05, 0) is 30.7 Å². The van der Waals surface area contributed by atoms with Crippen molar-refractivity contribution in [2.45, 2.75) is 13.3 Å². The van der Waals surface area contributed by atoms with Crippen LogP contribution in [0.3, 0.4) is 0 Å². The first-order valence-electron chi connectivity index (χ1n) is 6.38. The third-order valence-electron chi connectivity index (χ3n) is 2.85. The maximum atomic E-state index is 14.0. The molecule has 0 aliphatic carbocycles. The molecule has 0 amide bonds. The number of carboxylic acid groups (broad SMARTS) is 1. The first-order chi connectivity index (χ1) is 9.63. The molecule has 0 spiro atoms. The van der Waals surface area contributed by atoms with Crippen molar-refractivity contribution in [3.8, 4) is 16.9 Å². The van der Waals surface area contributed by atoms with Crippen LogP contribution in [0.4, 0.5) is 4.39 Å².